The zero-order valence-corrected chi connectivity index (χ0v) is 21.5. The first-order valence-corrected chi connectivity index (χ1v) is 13.3. The number of pyridine rings is 1. The van der Waals surface area contributed by atoms with Crippen LogP contribution >= 0.6 is 0 Å². The quantitative estimate of drug-likeness (QED) is 0.288. The predicted molar refractivity (Wildman–Crippen MR) is 143 cm³/mol. The van der Waals surface area contributed by atoms with Gasteiger partial charge in [0.25, 0.3) is 0 Å². The Morgan fingerprint density at radius 2 is 1.84 bits per heavy atom. The van der Waals surface area contributed by atoms with Crippen molar-refractivity contribution in [3.8, 4) is 22.7 Å². The highest BCUT2D eigenvalue weighted by Crippen LogP contribution is 2.45. The summed E-state index contributed by atoms with van der Waals surface area (Å²) in [4.78, 5) is 6.78. The Hall–Kier alpha value is -3.91. The molecular weight excluding hydrogens is 479 g/mol. The summed E-state index contributed by atoms with van der Waals surface area (Å²) >= 11 is 0. The zero-order chi connectivity index (χ0) is 25.8. The van der Waals surface area contributed by atoms with Crippen molar-refractivity contribution in [3.63, 3.8) is 0 Å². The lowest BCUT2D eigenvalue weighted by atomic mass is 9.89. The van der Waals surface area contributed by atoms with E-state index in [2.05, 4.69) is 32.2 Å². The molecule has 5 aromatic rings. The van der Waals surface area contributed by atoms with Gasteiger partial charge in [-0.3, -0.25) is 14.6 Å². The molecule has 0 N–H and O–H groups in total. The van der Waals surface area contributed by atoms with E-state index in [0.717, 1.165) is 64.7 Å². The minimum atomic E-state index is -0.138. The summed E-state index contributed by atoms with van der Waals surface area (Å²) in [6.07, 6.45) is 6.08. The van der Waals surface area contributed by atoms with Crippen molar-refractivity contribution in [3.05, 3.63) is 83.8 Å². The highest BCUT2D eigenvalue weighted by molar-refractivity contribution is 5.95. The number of piperidine rings is 1. The van der Waals surface area contributed by atoms with E-state index in [1.165, 1.54) is 0 Å². The summed E-state index contributed by atoms with van der Waals surface area (Å²) in [5, 5.41) is 14.8. The van der Waals surface area contributed by atoms with E-state index in [0.29, 0.717) is 24.4 Å². The van der Waals surface area contributed by atoms with Gasteiger partial charge in [0, 0.05) is 59.6 Å². The van der Waals surface area contributed by atoms with Gasteiger partial charge in [-0.25, -0.2) is 4.39 Å². The third kappa shape index (κ3) is 3.91. The highest BCUT2D eigenvalue weighted by atomic mass is 19.1. The number of hydrogen-bond donors (Lipinski definition) is 0. The van der Waals surface area contributed by atoms with Crippen LogP contribution in [0.5, 0.6) is 0 Å². The fraction of sp³-hybridized carbons (Fsp3) is 0.333. The summed E-state index contributed by atoms with van der Waals surface area (Å²) in [7, 11) is 1.95. The van der Waals surface area contributed by atoms with Gasteiger partial charge in [-0.1, -0.05) is 18.2 Å². The molecule has 2 aliphatic rings. The Labute approximate surface area is 220 Å². The maximum absolute atomic E-state index is 14.4. The minimum Gasteiger partial charge on any atom is -0.420 e. The van der Waals surface area contributed by atoms with Gasteiger partial charge < -0.3 is 4.42 Å². The van der Waals surface area contributed by atoms with Gasteiger partial charge >= 0.3 is 0 Å². The molecule has 2 bridgehead atoms. The molecule has 2 aliphatic heterocycles. The maximum Gasteiger partial charge on any atom is 0.247 e. The first-order valence-electron chi connectivity index (χ1n) is 13.3. The number of hydrogen-bond acceptors (Lipinski definition) is 6. The van der Waals surface area contributed by atoms with Crippen molar-refractivity contribution >= 4 is 10.9 Å². The normalized spacial score (nSPS) is 21.4. The number of fused-ring (bicyclic) bond motifs is 3. The van der Waals surface area contributed by atoms with Crippen molar-refractivity contribution < 1.29 is 8.81 Å². The molecule has 192 valence electrons. The van der Waals surface area contributed by atoms with Gasteiger partial charge in [-0.05, 0) is 69.0 Å². The Balaban J connectivity index is 1.19. The Bertz CT molecular complexity index is 1640. The van der Waals surface area contributed by atoms with Crippen LogP contribution in [0, 0.1) is 12.7 Å². The predicted octanol–water partition coefficient (Wildman–Crippen LogP) is 6.04. The standard InChI is InChI=1S/C30H29FN6O/c1-18-15-19(13-14-32-18)28-24-16-20(7-11-26(24)36(2)35-28)29-33-34-30(38-29)23-10-8-22-9-12-27(23)37(22)17-21-5-3-4-6-25(21)31/h3-7,11,13-16,22-23,27H,8-10,12,17H2,1-2H3. The fourth-order valence-corrected chi connectivity index (χ4v) is 6.44. The Morgan fingerprint density at radius 3 is 2.71 bits per heavy atom. The highest BCUT2D eigenvalue weighted by Gasteiger charge is 2.45. The van der Waals surface area contributed by atoms with Crippen LogP contribution in [0.1, 0.15) is 48.7 Å². The second-order valence-electron chi connectivity index (χ2n) is 10.6. The van der Waals surface area contributed by atoms with Crippen molar-refractivity contribution in [2.45, 2.75) is 57.2 Å². The summed E-state index contributed by atoms with van der Waals surface area (Å²) in [5.74, 6) is 1.21. The zero-order valence-electron chi connectivity index (χ0n) is 21.5. The van der Waals surface area contributed by atoms with Gasteiger partial charge in [0.1, 0.15) is 11.5 Å². The van der Waals surface area contributed by atoms with Crippen molar-refractivity contribution in [2.24, 2.45) is 7.05 Å². The summed E-state index contributed by atoms with van der Waals surface area (Å²) in [5.41, 5.74) is 5.54. The van der Waals surface area contributed by atoms with Crippen LogP contribution in [-0.2, 0) is 13.6 Å². The van der Waals surface area contributed by atoms with E-state index in [4.69, 9.17) is 9.52 Å². The monoisotopic (exact) mass is 508 g/mol. The molecular formula is C30H29FN6O. The number of halogens is 1. The van der Waals surface area contributed by atoms with Crippen molar-refractivity contribution in [2.75, 3.05) is 0 Å². The lowest BCUT2D eigenvalue weighted by molar-refractivity contribution is 0.102. The molecule has 0 saturated carbocycles. The van der Waals surface area contributed by atoms with E-state index < -0.39 is 0 Å². The first-order chi connectivity index (χ1) is 18.5. The fourth-order valence-electron chi connectivity index (χ4n) is 6.44. The van der Waals surface area contributed by atoms with Gasteiger partial charge in [0.05, 0.1) is 11.4 Å². The maximum atomic E-state index is 14.4. The van der Waals surface area contributed by atoms with E-state index >= 15 is 0 Å². The van der Waals surface area contributed by atoms with E-state index in [9.17, 15) is 4.39 Å². The third-order valence-corrected chi connectivity index (χ3v) is 8.30. The second kappa shape index (κ2) is 9.13. The molecule has 3 atom stereocenters. The minimum absolute atomic E-state index is 0.138. The average molecular weight is 509 g/mol. The van der Waals surface area contributed by atoms with Gasteiger partial charge in [-0.2, -0.15) is 5.10 Å². The molecule has 0 spiro atoms. The van der Waals surface area contributed by atoms with E-state index in [1.807, 2.05) is 55.2 Å². The van der Waals surface area contributed by atoms with Crippen LogP contribution in [0.25, 0.3) is 33.6 Å². The SMILES string of the molecule is Cc1cc(-c2nn(C)c3ccc(-c4nnc(C5CCC6CCC5N6Cc5ccccc5F)o4)cc23)ccn1. The number of benzene rings is 2. The topological polar surface area (TPSA) is 72.9 Å². The number of aromatic nitrogens is 5. The molecule has 0 aliphatic carbocycles. The first kappa shape index (κ1) is 23.2. The van der Waals surface area contributed by atoms with Crippen LogP contribution in [-0.4, -0.2) is 41.9 Å². The molecule has 0 amide bonds. The molecule has 2 aromatic carbocycles. The second-order valence-corrected chi connectivity index (χ2v) is 10.6. The molecule has 0 radical (unpaired) electrons. The molecule has 2 saturated heterocycles. The molecule has 5 heterocycles. The molecule has 7 nitrogen and oxygen atoms in total. The average Bonchev–Trinajstić information content (AvgIpc) is 3.61. The number of nitrogens with zero attached hydrogens (tertiary/aromatic N) is 6. The van der Waals surface area contributed by atoms with Crippen LogP contribution in [0.3, 0.4) is 0 Å². The molecule has 2 fully saturated rings. The molecule has 38 heavy (non-hydrogen) atoms. The van der Waals surface area contributed by atoms with Crippen LogP contribution in [0.15, 0.2) is 65.2 Å². The van der Waals surface area contributed by atoms with Gasteiger partial charge in [0.2, 0.25) is 11.8 Å². The van der Waals surface area contributed by atoms with Crippen LogP contribution in [0.4, 0.5) is 4.39 Å². The molecule has 7 rings (SSSR count). The number of rotatable bonds is 5. The largest absolute Gasteiger partial charge is 0.420 e. The van der Waals surface area contributed by atoms with Crippen molar-refractivity contribution in [1.82, 2.24) is 29.9 Å². The van der Waals surface area contributed by atoms with Crippen molar-refractivity contribution in [1.29, 1.82) is 0 Å². The lowest BCUT2D eigenvalue weighted by Crippen LogP contribution is -2.43. The van der Waals surface area contributed by atoms with Gasteiger partial charge in [0.15, 0.2) is 0 Å². The summed E-state index contributed by atoms with van der Waals surface area (Å²) in [6, 6.07) is 18.0. The van der Waals surface area contributed by atoms with Gasteiger partial charge in [-0.15, -0.1) is 10.2 Å². The number of aryl methyl sites for hydroxylation is 2. The third-order valence-electron chi connectivity index (χ3n) is 8.30. The molecule has 3 aromatic heterocycles. The van der Waals surface area contributed by atoms with Crippen LogP contribution < -0.4 is 0 Å². The Morgan fingerprint density at radius 1 is 0.974 bits per heavy atom. The molecule has 3 unspecified atom stereocenters. The van der Waals surface area contributed by atoms with E-state index in [-0.39, 0.29) is 17.8 Å². The molecule has 8 heteroatoms. The summed E-state index contributed by atoms with van der Waals surface area (Å²) < 4.78 is 22.7. The smallest absolute Gasteiger partial charge is 0.247 e. The van der Waals surface area contributed by atoms with E-state index in [1.54, 1.807) is 12.1 Å². The summed E-state index contributed by atoms with van der Waals surface area (Å²) in [6.45, 7) is 2.60. The lowest BCUT2D eigenvalue weighted by Gasteiger charge is -2.38. The Kier molecular flexibility index (Phi) is 5.58. The van der Waals surface area contributed by atoms with Crippen LogP contribution in [0.2, 0.25) is 0 Å².